The number of hydrogen-bond donors (Lipinski definition) is 1. The standard InChI is InChI=1S/C9H16F3NO2/c1-8(2,3)5-13(4-7(14)15)6-9(10,11)12/h4-6H2,1-3H3,(H,14,15). The van der Waals surface area contributed by atoms with E-state index < -0.39 is 25.2 Å². The fourth-order valence-electron chi connectivity index (χ4n) is 1.28. The van der Waals surface area contributed by atoms with Gasteiger partial charge in [-0.3, -0.25) is 9.69 Å². The van der Waals surface area contributed by atoms with Gasteiger partial charge in [-0.1, -0.05) is 20.8 Å². The summed E-state index contributed by atoms with van der Waals surface area (Å²) in [6, 6.07) is 0. The van der Waals surface area contributed by atoms with Crippen LogP contribution in [-0.2, 0) is 4.79 Å². The lowest BCUT2D eigenvalue weighted by Gasteiger charge is -2.29. The molecule has 0 aromatic carbocycles. The molecule has 0 aromatic rings. The van der Waals surface area contributed by atoms with Gasteiger partial charge in [0.05, 0.1) is 13.1 Å². The zero-order valence-electron chi connectivity index (χ0n) is 9.06. The molecular formula is C9H16F3NO2. The Hall–Kier alpha value is -0.780. The highest BCUT2D eigenvalue weighted by Gasteiger charge is 2.32. The van der Waals surface area contributed by atoms with E-state index in [1.807, 2.05) is 0 Å². The van der Waals surface area contributed by atoms with E-state index in [0.717, 1.165) is 4.90 Å². The summed E-state index contributed by atoms with van der Waals surface area (Å²) < 4.78 is 36.3. The maximum absolute atomic E-state index is 12.1. The Morgan fingerprint density at radius 2 is 1.67 bits per heavy atom. The Labute approximate surface area is 86.9 Å². The molecule has 1 N–H and O–H groups in total. The van der Waals surface area contributed by atoms with Gasteiger partial charge in [-0.15, -0.1) is 0 Å². The topological polar surface area (TPSA) is 40.5 Å². The molecule has 0 aliphatic carbocycles. The van der Waals surface area contributed by atoms with E-state index in [4.69, 9.17) is 5.11 Å². The maximum atomic E-state index is 12.1. The van der Waals surface area contributed by atoms with Gasteiger partial charge in [-0.25, -0.2) is 0 Å². The van der Waals surface area contributed by atoms with Crippen LogP contribution < -0.4 is 0 Å². The number of carbonyl (C=O) groups is 1. The summed E-state index contributed by atoms with van der Waals surface area (Å²) in [5.41, 5.74) is -0.360. The van der Waals surface area contributed by atoms with Crippen molar-refractivity contribution in [2.75, 3.05) is 19.6 Å². The third kappa shape index (κ3) is 9.52. The third-order valence-corrected chi connectivity index (χ3v) is 1.46. The second-order valence-electron chi connectivity index (χ2n) is 4.71. The second-order valence-corrected chi connectivity index (χ2v) is 4.71. The predicted molar refractivity (Wildman–Crippen MR) is 49.6 cm³/mol. The van der Waals surface area contributed by atoms with Crippen molar-refractivity contribution < 1.29 is 23.1 Å². The second kappa shape index (κ2) is 4.83. The van der Waals surface area contributed by atoms with Gasteiger partial charge in [-0.2, -0.15) is 13.2 Å². The number of halogens is 3. The molecule has 0 amide bonds. The Morgan fingerprint density at radius 3 is 1.93 bits per heavy atom. The first-order valence-corrected chi connectivity index (χ1v) is 4.50. The molecule has 0 aliphatic heterocycles. The van der Waals surface area contributed by atoms with Crippen molar-refractivity contribution in [1.29, 1.82) is 0 Å². The van der Waals surface area contributed by atoms with Crippen molar-refractivity contribution in [2.24, 2.45) is 5.41 Å². The lowest BCUT2D eigenvalue weighted by molar-refractivity contribution is -0.155. The summed E-state index contributed by atoms with van der Waals surface area (Å²) in [5.74, 6) is -1.25. The van der Waals surface area contributed by atoms with E-state index in [1.165, 1.54) is 0 Å². The molecule has 6 heteroatoms. The average molecular weight is 227 g/mol. The summed E-state index contributed by atoms with van der Waals surface area (Å²) in [4.78, 5) is 11.3. The lowest BCUT2D eigenvalue weighted by Crippen LogP contribution is -2.42. The summed E-state index contributed by atoms with van der Waals surface area (Å²) in [6.45, 7) is 3.61. The SMILES string of the molecule is CC(C)(C)CN(CC(=O)O)CC(F)(F)F. The number of alkyl halides is 3. The van der Waals surface area contributed by atoms with Crippen LogP contribution in [0.25, 0.3) is 0 Å². The molecule has 3 nitrogen and oxygen atoms in total. The van der Waals surface area contributed by atoms with Crippen LogP contribution in [-0.4, -0.2) is 41.8 Å². The molecule has 0 heterocycles. The molecule has 0 atom stereocenters. The first kappa shape index (κ1) is 14.2. The number of rotatable bonds is 4. The van der Waals surface area contributed by atoms with Crippen molar-refractivity contribution in [3.63, 3.8) is 0 Å². The van der Waals surface area contributed by atoms with Gasteiger partial charge in [0.15, 0.2) is 0 Å². The van der Waals surface area contributed by atoms with Crippen molar-refractivity contribution >= 4 is 5.97 Å². The van der Waals surface area contributed by atoms with Gasteiger partial charge < -0.3 is 5.11 Å². The molecule has 0 saturated carbocycles. The van der Waals surface area contributed by atoms with Crippen LogP contribution >= 0.6 is 0 Å². The number of carboxylic acid groups (broad SMARTS) is 1. The van der Waals surface area contributed by atoms with Crippen LogP contribution in [0.5, 0.6) is 0 Å². The summed E-state index contributed by atoms with van der Waals surface area (Å²) in [6.07, 6.45) is -4.36. The maximum Gasteiger partial charge on any atom is 0.401 e. The Morgan fingerprint density at radius 1 is 1.20 bits per heavy atom. The van der Waals surface area contributed by atoms with Gasteiger partial charge in [0, 0.05) is 6.54 Å². The zero-order valence-corrected chi connectivity index (χ0v) is 9.06. The average Bonchev–Trinajstić information content (AvgIpc) is 1.73. The number of carboxylic acids is 1. The van der Waals surface area contributed by atoms with Crippen LogP contribution in [0.15, 0.2) is 0 Å². The molecule has 0 aliphatic rings. The van der Waals surface area contributed by atoms with Gasteiger partial charge in [0.1, 0.15) is 0 Å². The van der Waals surface area contributed by atoms with E-state index in [9.17, 15) is 18.0 Å². The first-order chi connectivity index (χ1) is 6.49. The van der Waals surface area contributed by atoms with Crippen LogP contribution in [0.1, 0.15) is 20.8 Å². The number of nitrogens with zero attached hydrogens (tertiary/aromatic N) is 1. The summed E-state index contributed by atoms with van der Waals surface area (Å²) in [5, 5.41) is 8.47. The zero-order chi connectivity index (χ0) is 12.3. The molecule has 0 spiro atoms. The third-order valence-electron chi connectivity index (χ3n) is 1.46. The van der Waals surface area contributed by atoms with Crippen LogP contribution in [0.3, 0.4) is 0 Å². The monoisotopic (exact) mass is 227 g/mol. The fraction of sp³-hybridized carbons (Fsp3) is 0.889. The van der Waals surface area contributed by atoms with Gasteiger partial charge in [0.2, 0.25) is 0 Å². The molecule has 15 heavy (non-hydrogen) atoms. The molecule has 0 bridgehead atoms. The van der Waals surface area contributed by atoms with Gasteiger partial charge in [-0.05, 0) is 5.41 Å². The fourth-order valence-corrected chi connectivity index (χ4v) is 1.28. The smallest absolute Gasteiger partial charge is 0.401 e. The number of aliphatic carboxylic acids is 1. The van der Waals surface area contributed by atoms with E-state index in [1.54, 1.807) is 20.8 Å². The Bertz CT molecular complexity index is 204. The Kier molecular flexibility index (Phi) is 4.58. The quantitative estimate of drug-likeness (QED) is 0.798. The van der Waals surface area contributed by atoms with Crippen LogP contribution in [0, 0.1) is 5.41 Å². The molecule has 0 aromatic heterocycles. The highest BCUT2D eigenvalue weighted by atomic mass is 19.4. The van der Waals surface area contributed by atoms with E-state index in [-0.39, 0.29) is 12.0 Å². The van der Waals surface area contributed by atoms with E-state index >= 15 is 0 Å². The molecule has 0 fully saturated rings. The summed E-state index contributed by atoms with van der Waals surface area (Å²) >= 11 is 0. The highest BCUT2D eigenvalue weighted by molar-refractivity contribution is 5.69. The van der Waals surface area contributed by atoms with Crippen LogP contribution in [0.4, 0.5) is 13.2 Å². The van der Waals surface area contributed by atoms with Gasteiger partial charge in [0.25, 0.3) is 0 Å². The van der Waals surface area contributed by atoms with Gasteiger partial charge >= 0.3 is 12.1 Å². The molecular weight excluding hydrogens is 211 g/mol. The predicted octanol–water partition coefficient (Wildman–Crippen LogP) is 1.98. The van der Waals surface area contributed by atoms with E-state index in [2.05, 4.69) is 0 Å². The first-order valence-electron chi connectivity index (χ1n) is 4.50. The normalized spacial score (nSPS) is 13.3. The molecule has 90 valence electrons. The Balaban J connectivity index is 4.39. The van der Waals surface area contributed by atoms with Crippen molar-refractivity contribution in [1.82, 2.24) is 4.90 Å². The van der Waals surface area contributed by atoms with Crippen molar-refractivity contribution in [2.45, 2.75) is 26.9 Å². The molecule has 0 unspecified atom stereocenters. The van der Waals surface area contributed by atoms with Crippen molar-refractivity contribution in [3.05, 3.63) is 0 Å². The summed E-state index contributed by atoms with van der Waals surface area (Å²) in [7, 11) is 0. The minimum atomic E-state index is -4.36. The molecule has 0 rings (SSSR count). The van der Waals surface area contributed by atoms with Crippen LogP contribution in [0.2, 0.25) is 0 Å². The number of hydrogen-bond acceptors (Lipinski definition) is 2. The minimum Gasteiger partial charge on any atom is -0.480 e. The largest absolute Gasteiger partial charge is 0.480 e. The lowest BCUT2D eigenvalue weighted by atomic mass is 9.96. The van der Waals surface area contributed by atoms with Crippen molar-refractivity contribution in [3.8, 4) is 0 Å². The van der Waals surface area contributed by atoms with E-state index in [0.29, 0.717) is 0 Å². The minimum absolute atomic E-state index is 0.0960. The highest BCUT2D eigenvalue weighted by Crippen LogP contribution is 2.20. The molecule has 0 saturated heterocycles. The molecule has 0 radical (unpaired) electrons.